The maximum atomic E-state index is 13.5. The molecule has 0 heterocycles. The summed E-state index contributed by atoms with van der Waals surface area (Å²) in [6, 6.07) is 3.57. The molecular weight excluding hydrogens is 364 g/mol. The predicted molar refractivity (Wildman–Crippen MR) is 106 cm³/mol. The maximum absolute atomic E-state index is 13.5. The number of aliphatic carboxylic acids is 1. The maximum Gasteiger partial charge on any atom is 0.303 e. The van der Waals surface area contributed by atoms with E-state index in [0.717, 1.165) is 43.2 Å². The van der Waals surface area contributed by atoms with Crippen LogP contribution in [-0.2, 0) is 14.6 Å². The summed E-state index contributed by atoms with van der Waals surface area (Å²) >= 11 is 0. The fourth-order valence-electron chi connectivity index (χ4n) is 4.32. The summed E-state index contributed by atoms with van der Waals surface area (Å²) in [6.07, 6.45) is 6.95. The number of hydrogen-bond acceptors (Lipinski definition) is 4. The number of methoxy groups -OCH3 is 1. The quantitative estimate of drug-likeness (QED) is 0.724. The number of benzene rings is 1. The van der Waals surface area contributed by atoms with E-state index in [9.17, 15) is 13.2 Å². The molecule has 1 aromatic rings. The van der Waals surface area contributed by atoms with Crippen LogP contribution in [0.3, 0.4) is 0 Å². The molecule has 0 aromatic heterocycles. The van der Waals surface area contributed by atoms with Crippen molar-refractivity contribution in [1.82, 2.24) is 0 Å². The van der Waals surface area contributed by atoms with Crippen molar-refractivity contribution in [2.75, 3.05) is 7.11 Å². The van der Waals surface area contributed by atoms with Gasteiger partial charge in [0, 0.05) is 6.42 Å². The van der Waals surface area contributed by atoms with Gasteiger partial charge in [-0.05, 0) is 68.7 Å². The number of hydrogen-bond donors (Lipinski definition) is 1. The third kappa shape index (κ3) is 5.71. The van der Waals surface area contributed by atoms with E-state index in [-0.39, 0.29) is 12.3 Å². The molecular formula is C21H32O5S. The molecule has 5 nitrogen and oxygen atoms in total. The Bertz CT molecular complexity index is 731. The molecule has 1 aliphatic carbocycles. The molecule has 2 atom stereocenters. The third-order valence-corrected chi connectivity index (χ3v) is 8.15. The van der Waals surface area contributed by atoms with Gasteiger partial charge in [-0.15, -0.1) is 0 Å². The summed E-state index contributed by atoms with van der Waals surface area (Å²) in [5.41, 5.74) is 1.47. The predicted octanol–water partition coefficient (Wildman–Crippen LogP) is 4.68. The summed E-state index contributed by atoms with van der Waals surface area (Å²) in [5.74, 6) is 0.172. The first kappa shape index (κ1) is 21.7. The van der Waals surface area contributed by atoms with Crippen LogP contribution in [0.2, 0.25) is 0 Å². The van der Waals surface area contributed by atoms with Crippen LogP contribution in [0.5, 0.6) is 5.75 Å². The standard InChI is InChI=1S/C21H32O5S/c1-15-12-18(26-3)13-16(2)21(15)27(24,25)19-10-6-4-5-8-17(14-19)9-7-11-20(22)23/h12-13,17,19H,4-11,14H2,1-3H3,(H,22,23). The highest BCUT2D eigenvalue weighted by atomic mass is 32.2. The third-order valence-electron chi connectivity index (χ3n) is 5.63. The largest absolute Gasteiger partial charge is 0.497 e. The van der Waals surface area contributed by atoms with Crippen molar-refractivity contribution in [2.45, 2.75) is 81.8 Å². The smallest absolute Gasteiger partial charge is 0.303 e. The van der Waals surface area contributed by atoms with E-state index in [1.165, 1.54) is 0 Å². The second kappa shape index (κ2) is 9.58. The van der Waals surface area contributed by atoms with E-state index in [0.29, 0.717) is 29.9 Å². The molecule has 2 rings (SSSR count). The van der Waals surface area contributed by atoms with E-state index >= 15 is 0 Å². The molecule has 1 fully saturated rings. The molecule has 0 aliphatic heterocycles. The Labute approximate surface area is 163 Å². The number of ether oxygens (including phenoxy) is 1. The Morgan fingerprint density at radius 3 is 2.37 bits per heavy atom. The number of aryl methyl sites for hydroxylation is 2. The minimum absolute atomic E-state index is 0.157. The van der Waals surface area contributed by atoms with E-state index in [1.54, 1.807) is 19.2 Å². The van der Waals surface area contributed by atoms with Crippen molar-refractivity contribution in [3.63, 3.8) is 0 Å². The summed E-state index contributed by atoms with van der Waals surface area (Å²) in [5, 5.41) is 8.48. The molecule has 0 bridgehead atoms. The Kier molecular flexibility index (Phi) is 7.71. The second-order valence-electron chi connectivity index (χ2n) is 7.78. The first-order valence-electron chi connectivity index (χ1n) is 9.86. The van der Waals surface area contributed by atoms with E-state index in [1.807, 2.05) is 13.8 Å². The van der Waals surface area contributed by atoms with Crippen LogP contribution in [0.25, 0.3) is 0 Å². The number of carboxylic acid groups (broad SMARTS) is 1. The summed E-state index contributed by atoms with van der Waals surface area (Å²) in [7, 11) is -1.85. The second-order valence-corrected chi connectivity index (χ2v) is 9.95. The Morgan fingerprint density at radius 2 is 1.78 bits per heavy atom. The minimum atomic E-state index is -3.43. The lowest BCUT2D eigenvalue weighted by Gasteiger charge is -2.27. The summed E-state index contributed by atoms with van der Waals surface area (Å²) < 4.78 is 32.2. The zero-order valence-electron chi connectivity index (χ0n) is 16.7. The van der Waals surface area contributed by atoms with Crippen molar-refractivity contribution >= 4 is 15.8 Å². The van der Waals surface area contributed by atoms with Gasteiger partial charge in [-0.25, -0.2) is 8.42 Å². The summed E-state index contributed by atoms with van der Waals surface area (Å²) in [6.45, 7) is 3.66. The van der Waals surface area contributed by atoms with Crippen LogP contribution in [0, 0.1) is 19.8 Å². The molecule has 1 aliphatic rings. The molecule has 1 aromatic carbocycles. The van der Waals surface area contributed by atoms with Crippen molar-refractivity contribution in [3.8, 4) is 5.75 Å². The number of sulfone groups is 1. The van der Waals surface area contributed by atoms with Gasteiger partial charge in [0.1, 0.15) is 5.75 Å². The fourth-order valence-corrected chi connectivity index (χ4v) is 6.67. The van der Waals surface area contributed by atoms with Gasteiger partial charge in [0.05, 0.1) is 17.3 Å². The monoisotopic (exact) mass is 396 g/mol. The molecule has 0 spiro atoms. The topological polar surface area (TPSA) is 80.7 Å². The van der Waals surface area contributed by atoms with Crippen LogP contribution in [0.15, 0.2) is 17.0 Å². The van der Waals surface area contributed by atoms with Gasteiger partial charge in [0.2, 0.25) is 0 Å². The molecule has 152 valence electrons. The van der Waals surface area contributed by atoms with Gasteiger partial charge >= 0.3 is 5.97 Å². The van der Waals surface area contributed by atoms with Gasteiger partial charge in [-0.1, -0.05) is 25.7 Å². The number of carbonyl (C=O) groups is 1. The average molecular weight is 397 g/mol. The highest BCUT2D eigenvalue weighted by molar-refractivity contribution is 7.92. The van der Waals surface area contributed by atoms with Crippen molar-refractivity contribution < 1.29 is 23.1 Å². The Hall–Kier alpha value is -1.56. The first-order valence-corrected chi connectivity index (χ1v) is 11.4. The van der Waals surface area contributed by atoms with E-state index in [4.69, 9.17) is 9.84 Å². The van der Waals surface area contributed by atoms with Crippen molar-refractivity contribution in [3.05, 3.63) is 23.3 Å². The zero-order chi connectivity index (χ0) is 20.0. The zero-order valence-corrected chi connectivity index (χ0v) is 17.5. The molecule has 1 saturated carbocycles. The fraction of sp³-hybridized carbons (Fsp3) is 0.667. The molecule has 27 heavy (non-hydrogen) atoms. The minimum Gasteiger partial charge on any atom is -0.497 e. The lowest BCUT2D eigenvalue weighted by molar-refractivity contribution is -0.137. The highest BCUT2D eigenvalue weighted by Crippen LogP contribution is 2.35. The van der Waals surface area contributed by atoms with Crippen LogP contribution in [0.4, 0.5) is 0 Å². The van der Waals surface area contributed by atoms with Gasteiger partial charge < -0.3 is 9.84 Å². The van der Waals surface area contributed by atoms with Crippen molar-refractivity contribution in [2.24, 2.45) is 5.92 Å². The van der Waals surface area contributed by atoms with Gasteiger partial charge in [-0.3, -0.25) is 4.79 Å². The Morgan fingerprint density at radius 1 is 1.15 bits per heavy atom. The van der Waals surface area contributed by atoms with E-state index in [2.05, 4.69) is 0 Å². The molecule has 2 unspecified atom stereocenters. The van der Waals surface area contributed by atoms with Gasteiger partial charge in [-0.2, -0.15) is 0 Å². The number of rotatable bonds is 7. The molecule has 0 radical (unpaired) electrons. The molecule has 1 N–H and O–H groups in total. The highest BCUT2D eigenvalue weighted by Gasteiger charge is 2.33. The normalized spacial score (nSPS) is 21.3. The van der Waals surface area contributed by atoms with Crippen molar-refractivity contribution in [1.29, 1.82) is 0 Å². The van der Waals surface area contributed by atoms with Gasteiger partial charge in [0.15, 0.2) is 9.84 Å². The number of carboxylic acids is 1. The first-order chi connectivity index (χ1) is 12.8. The van der Waals surface area contributed by atoms with Crippen LogP contribution < -0.4 is 4.74 Å². The Balaban J connectivity index is 2.25. The van der Waals surface area contributed by atoms with Crippen LogP contribution >= 0.6 is 0 Å². The molecule has 6 heteroatoms. The van der Waals surface area contributed by atoms with Crippen LogP contribution in [-0.4, -0.2) is 31.9 Å². The lowest BCUT2D eigenvalue weighted by Crippen LogP contribution is -2.27. The SMILES string of the molecule is COc1cc(C)c(S(=O)(=O)C2CCCCCC(CCCC(=O)O)C2)c(C)c1. The van der Waals surface area contributed by atoms with Gasteiger partial charge in [0.25, 0.3) is 0 Å². The molecule has 0 amide bonds. The summed E-state index contributed by atoms with van der Waals surface area (Å²) in [4.78, 5) is 11.2. The average Bonchev–Trinajstić information content (AvgIpc) is 2.55. The van der Waals surface area contributed by atoms with E-state index < -0.39 is 21.1 Å². The van der Waals surface area contributed by atoms with Crippen LogP contribution in [0.1, 0.15) is 68.9 Å². The lowest BCUT2D eigenvalue weighted by atomic mass is 9.87. The molecule has 0 saturated heterocycles.